The maximum atomic E-state index is 12.3. The van der Waals surface area contributed by atoms with Gasteiger partial charge >= 0.3 is 0 Å². The van der Waals surface area contributed by atoms with Crippen LogP contribution in [-0.2, 0) is 17.9 Å². The van der Waals surface area contributed by atoms with Crippen molar-refractivity contribution in [1.82, 2.24) is 20.3 Å². The molecule has 1 heterocycles. The molecule has 4 N–H and O–H groups in total. The van der Waals surface area contributed by atoms with E-state index < -0.39 is 5.91 Å². The lowest BCUT2D eigenvalue weighted by molar-refractivity contribution is -0.116. The smallest absolute Gasteiger partial charge is 0.275 e. The molecule has 0 aliphatic rings. The summed E-state index contributed by atoms with van der Waals surface area (Å²) in [7, 11) is 0. The Balaban J connectivity index is 1.60. The van der Waals surface area contributed by atoms with Crippen molar-refractivity contribution >= 4 is 34.9 Å². The van der Waals surface area contributed by atoms with E-state index in [1.165, 1.54) is 4.68 Å². The Bertz CT molecular complexity index is 1050. The average Bonchev–Trinajstić information content (AvgIpc) is 3.04. The summed E-state index contributed by atoms with van der Waals surface area (Å²) in [6.45, 7) is 4.01. The number of benzene rings is 2. The van der Waals surface area contributed by atoms with Crippen LogP contribution < -0.4 is 16.4 Å². The van der Waals surface area contributed by atoms with Gasteiger partial charge in [-0.3, -0.25) is 9.59 Å². The van der Waals surface area contributed by atoms with Crippen LogP contribution in [0.1, 0.15) is 27.2 Å². The number of nitrogens with one attached hydrogen (secondary N) is 2. The highest BCUT2D eigenvalue weighted by molar-refractivity contribution is 6.31. The number of nitrogen functional groups attached to an aromatic ring is 1. The minimum Gasteiger partial charge on any atom is -0.382 e. The lowest BCUT2D eigenvalue weighted by Gasteiger charge is -2.08. The molecule has 0 aliphatic carbocycles. The topological polar surface area (TPSA) is 115 Å². The molecular formula is C20H21ClN6O2. The fourth-order valence-electron chi connectivity index (χ4n) is 2.58. The first-order valence-corrected chi connectivity index (χ1v) is 9.30. The number of halogens is 1. The highest BCUT2D eigenvalue weighted by atomic mass is 35.5. The van der Waals surface area contributed by atoms with Crippen molar-refractivity contribution in [1.29, 1.82) is 0 Å². The van der Waals surface area contributed by atoms with Gasteiger partial charge in [0.25, 0.3) is 5.91 Å². The Hall–Kier alpha value is -3.39. The minimum atomic E-state index is -0.458. The van der Waals surface area contributed by atoms with E-state index >= 15 is 0 Å². The normalized spacial score (nSPS) is 10.6. The van der Waals surface area contributed by atoms with Crippen molar-refractivity contribution in [2.75, 3.05) is 11.1 Å². The van der Waals surface area contributed by atoms with Gasteiger partial charge in [-0.15, -0.1) is 5.10 Å². The zero-order valence-electron chi connectivity index (χ0n) is 16.1. The van der Waals surface area contributed by atoms with Crippen LogP contribution >= 0.6 is 11.6 Å². The van der Waals surface area contributed by atoms with Gasteiger partial charge in [-0.2, -0.15) is 0 Å². The molecule has 9 heteroatoms. The molecule has 0 aliphatic heterocycles. The number of aryl methyl sites for hydroxylation is 2. The van der Waals surface area contributed by atoms with Crippen molar-refractivity contribution in [3.8, 4) is 0 Å². The second-order valence-corrected chi connectivity index (χ2v) is 7.07. The fraction of sp³-hybridized carbons (Fsp3) is 0.200. The predicted molar refractivity (Wildman–Crippen MR) is 112 cm³/mol. The molecule has 29 heavy (non-hydrogen) atoms. The molecule has 8 nitrogen and oxygen atoms in total. The van der Waals surface area contributed by atoms with E-state index in [0.717, 1.165) is 16.7 Å². The number of aromatic nitrogens is 3. The summed E-state index contributed by atoms with van der Waals surface area (Å²) >= 11 is 6.06. The van der Waals surface area contributed by atoms with Gasteiger partial charge in [0.2, 0.25) is 5.91 Å². The molecule has 0 bridgehead atoms. The van der Waals surface area contributed by atoms with Crippen LogP contribution in [0.15, 0.2) is 42.5 Å². The molecule has 3 aromatic rings. The number of amides is 2. The second kappa shape index (κ2) is 8.74. The van der Waals surface area contributed by atoms with Crippen LogP contribution in [0.25, 0.3) is 0 Å². The van der Waals surface area contributed by atoms with Crippen molar-refractivity contribution in [2.24, 2.45) is 0 Å². The zero-order valence-corrected chi connectivity index (χ0v) is 16.8. The van der Waals surface area contributed by atoms with Crippen LogP contribution in [-0.4, -0.2) is 26.8 Å². The third-order valence-electron chi connectivity index (χ3n) is 4.31. The van der Waals surface area contributed by atoms with E-state index in [4.69, 9.17) is 17.3 Å². The summed E-state index contributed by atoms with van der Waals surface area (Å²) in [4.78, 5) is 24.6. The second-order valence-electron chi connectivity index (χ2n) is 6.66. The molecule has 0 spiro atoms. The van der Waals surface area contributed by atoms with E-state index in [2.05, 4.69) is 20.9 Å². The Morgan fingerprint density at radius 2 is 1.86 bits per heavy atom. The predicted octanol–water partition coefficient (Wildman–Crippen LogP) is 2.70. The van der Waals surface area contributed by atoms with Gasteiger partial charge in [0.1, 0.15) is 6.54 Å². The molecule has 150 valence electrons. The summed E-state index contributed by atoms with van der Waals surface area (Å²) in [6.07, 6.45) is 0. The van der Waals surface area contributed by atoms with Gasteiger partial charge < -0.3 is 16.4 Å². The summed E-state index contributed by atoms with van der Waals surface area (Å²) in [5, 5.41) is 13.6. The molecule has 1 aromatic heterocycles. The van der Waals surface area contributed by atoms with Crippen LogP contribution in [0, 0.1) is 13.8 Å². The number of nitrogens with two attached hydrogens (primary N) is 1. The van der Waals surface area contributed by atoms with Crippen LogP contribution in [0.2, 0.25) is 5.02 Å². The van der Waals surface area contributed by atoms with Crippen LogP contribution in [0.3, 0.4) is 0 Å². The third kappa shape index (κ3) is 5.11. The Morgan fingerprint density at radius 1 is 1.14 bits per heavy atom. The summed E-state index contributed by atoms with van der Waals surface area (Å²) in [6, 6.07) is 13.0. The summed E-state index contributed by atoms with van der Waals surface area (Å²) in [5.74, 6) is -0.809. The number of carbonyl (C=O) groups excluding carboxylic acids is 2. The van der Waals surface area contributed by atoms with Gasteiger partial charge in [0.15, 0.2) is 11.5 Å². The van der Waals surface area contributed by atoms with Gasteiger partial charge in [0, 0.05) is 17.3 Å². The summed E-state index contributed by atoms with van der Waals surface area (Å²) in [5.41, 5.74) is 9.48. The Labute approximate surface area is 173 Å². The van der Waals surface area contributed by atoms with E-state index in [-0.39, 0.29) is 24.0 Å². The molecule has 3 rings (SSSR count). The number of nitrogens with zero attached hydrogens (tertiary/aromatic N) is 3. The lowest BCUT2D eigenvalue weighted by atomic mass is 10.1. The van der Waals surface area contributed by atoms with Gasteiger partial charge in [-0.05, 0) is 37.1 Å². The van der Waals surface area contributed by atoms with Gasteiger partial charge in [0.05, 0.1) is 0 Å². The lowest BCUT2D eigenvalue weighted by Crippen LogP contribution is -2.25. The van der Waals surface area contributed by atoms with E-state index in [0.29, 0.717) is 17.3 Å². The SMILES string of the molecule is Cc1ccc(CNC(=O)c2nnn(CC(=O)Nc3ccc(C)c(Cl)c3)c2N)cc1. The maximum Gasteiger partial charge on any atom is 0.275 e. The number of hydrogen-bond acceptors (Lipinski definition) is 5. The molecule has 0 saturated heterocycles. The Kier molecular flexibility index (Phi) is 6.13. The average molecular weight is 413 g/mol. The first kappa shape index (κ1) is 20.3. The number of rotatable bonds is 6. The van der Waals surface area contributed by atoms with Crippen LogP contribution in [0.4, 0.5) is 11.5 Å². The molecule has 0 radical (unpaired) electrons. The summed E-state index contributed by atoms with van der Waals surface area (Å²) < 4.78 is 1.17. The largest absolute Gasteiger partial charge is 0.382 e. The van der Waals surface area contributed by atoms with E-state index in [1.54, 1.807) is 18.2 Å². The van der Waals surface area contributed by atoms with E-state index in [9.17, 15) is 9.59 Å². The first-order chi connectivity index (χ1) is 13.8. The first-order valence-electron chi connectivity index (χ1n) is 8.92. The molecular weight excluding hydrogens is 392 g/mol. The standard InChI is InChI=1S/C20H21ClN6O2/c1-12-3-6-14(7-4-12)10-23-20(29)18-19(22)27(26-25-18)11-17(28)24-15-8-5-13(2)16(21)9-15/h3-9H,10-11,22H2,1-2H3,(H,23,29)(H,24,28). The molecule has 2 amide bonds. The zero-order chi connectivity index (χ0) is 21.0. The molecule has 0 atom stereocenters. The highest BCUT2D eigenvalue weighted by Gasteiger charge is 2.19. The monoisotopic (exact) mass is 412 g/mol. The maximum absolute atomic E-state index is 12.3. The Morgan fingerprint density at radius 3 is 2.55 bits per heavy atom. The molecule has 0 saturated carbocycles. The third-order valence-corrected chi connectivity index (χ3v) is 4.72. The highest BCUT2D eigenvalue weighted by Crippen LogP contribution is 2.20. The number of hydrogen-bond donors (Lipinski definition) is 3. The minimum absolute atomic E-state index is 0.0171. The van der Waals surface area contributed by atoms with Crippen molar-refractivity contribution in [3.63, 3.8) is 0 Å². The van der Waals surface area contributed by atoms with Gasteiger partial charge in [-0.1, -0.05) is 52.7 Å². The van der Waals surface area contributed by atoms with Crippen molar-refractivity contribution < 1.29 is 9.59 Å². The van der Waals surface area contributed by atoms with E-state index in [1.807, 2.05) is 38.1 Å². The van der Waals surface area contributed by atoms with Crippen molar-refractivity contribution in [2.45, 2.75) is 26.9 Å². The fourth-order valence-corrected chi connectivity index (χ4v) is 2.76. The molecule has 2 aromatic carbocycles. The number of anilines is 2. The molecule has 0 unspecified atom stereocenters. The quantitative estimate of drug-likeness (QED) is 0.575. The van der Waals surface area contributed by atoms with Gasteiger partial charge in [-0.25, -0.2) is 4.68 Å². The number of carbonyl (C=O) groups is 2. The van der Waals surface area contributed by atoms with Crippen molar-refractivity contribution in [3.05, 3.63) is 69.9 Å². The molecule has 0 fully saturated rings. The van der Waals surface area contributed by atoms with Crippen LogP contribution in [0.5, 0.6) is 0 Å².